The van der Waals surface area contributed by atoms with Gasteiger partial charge in [0.2, 0.25) is 5.91 Å². The summed E-state index contributed by atoms with van der Waals surface area (Å²) in [6.07, 6.45) is 0.479. The Balaban J connectivity index is 1.83. The second kappa shape index (κ2) is 7.31. The molecule has 0 saturated heterocycles. The van der Waals surface area contributed by atoms with Gasteiger partial charge in [0.25, 0.3) is 0 Å². The zero-order valence-corrected chi connectivity index (χ0v) is 12.9. The lowest BCUT2D eigenvalue weighted by atomic mass is 10.1. The molecule has 1 aromatic rings. The Morgan fingerprint density at radius 2 is 1.90 bits per heavy atom. The van der Waals surface area contributed by atoms with E-state index in [0.29, 0.717) is 26.2 Å². The summed E-state index contributed by atoms with van der Waals surface area (Å²) in [5.74, 6) is 1.67. The fourth-order valence-corrected chi connectivity index (χ4v) is 2.24. The number of hydrogen-bond acceptors (Lipinski definition) is 4. The van der Waals surface area contributed by atoms with Crippen molar-refractivity contribution in [3.63, 3.8) is 0 Å². The van der Waals surface area contributed by atoms with Crippen molar-refractivity contribution in [2.75, 3.05) is 19.8 Å². The average molecular weight is 292 g/mol. The molecule has 1 aliphatic heterocycles. The second-order valence-electron chi connectivity index (χ2n) is 5.55. The van der Waals surface area contributed by atoms with Crippen molar-refractivity contribution in [1.29, 1.82) is 0 Å². The Labute approximate surface area is 126 Å². The first-order chi connectivity index (χ1) is 10.1. The van der Waals surface area contributed by atoms with E-state index in [1.165, 1.54) is 0 Å². The first-order valence-corrected chi connectivity index (χ1v) is 7.48. The van der Waals surface area contributed by atoms with Gasteiger partial charge in [-0.2, -0.15) is 0 Å². The number of benzene rings is 1. The number of rotatable bonds is 6. The van der Waals surface area contributed by atoms with Crippen LogP contribution in [0.4, 0.5) is 0 Å². The molecule has 2 rings (SSSR count). The quantitative estimate of drug-likeness (QED) is 0.842. The number of carbonyl (C=O) groups excluding carboxylic acids is 1. The van der Waals surface area contributed by atoms with E-state index in [2.05, 4.69) is 17.6 Å². The van der Waals surface area contributed by atoms with Gasteiger partial charge >= 0.3 is 0 Å². The molecule has 0 radical (unpaired) electrons. The summed E-state index contributed by atoms with van der Waals surface area (Å²) in [5.41, 5.74) is 1.13. The number of ether oxygens (including phenoxy) is 2. The van der Waals surface area contributed by atoms with Crippen LogP contribution >= 0.6 is 0 Å². The van der Waals surface area contributed by atoms with E-state index in [1.807, 2.05) is 32.0 Å². The van der Waals surface area contributed by atoms with Gasteiger partial charge in [0.15, 0.2) is 11.5 Å². The van der Waals surface area contributed by atoms with Crippen molar-refractivity contribution in [1.82, 2.24) is 10.6 Å². The zero-order chi connectivity index (χ0) is 15.2. The van der Waals surface area contributed by atoms with Gasteiger partial charge in [0.1, 0.15) is 13.2 Å². The summed E-state index contributed by atoms with van der Waals surface area (Å²) in [7, 11) is 0. The molecule has 0 bridgehead atoms. The van der Waals surface area contributed by atoms with Crippen LogP contribution in [-0.4, -0.2) is 31.7 Å². The van der Waals surface area contributed by atoms with Crippen molar-refractivity contribution in [3.05, 3.63) is 23.8 Å². The lowest BCUT2D eigenvalue weighted by Gasteiger charge is -2.21. The first kappa shape index (κ1) is 15.6. The molecular weight excluding hydrogens is 268 g/mol. The summed E-state index contributed by atoms with van der Waals surface area (Å²) >= 11 is 0. The molecule has 1 atom stereocenters. The van der Waals surface area contributed by atoms with Crippen LogP contribution in [0.15, 0.2) is 18.2 Å². The van der Waals surface area contributed by atoms with Crippen molar-refractivity contribution in [2.24, 2.45) is 0 Å². The standard InChI is InChI=1S/C16H24N2O3/c1-11(2)18-16(19)6-7-17-12(3)13-4-5-14-15(10-13)21-9-8-20-14/h4-5,10-12,17H,6-9H2,1-3H3,(H,18,19). The topological polar surface area (TPSA) is 59.6 Å². The van der Waals surface area contributed by atoms with Crippen LogP contribution in [0.25, 0.3) is 0 Å². The molecular formula is C16H24N2O3. The van der Waals surface area contributed by atoms with Crippen LogP contribution in [0.2, 0.25) is 0 Å². The molecule has 1 heterocycles. The van der Waals surface area contributed by atoms with Crippen molar-refractivity contribution in [2.45, 2.75) is 39.3 Å². The highest BCUT2D eigenvalue weighted by atomic mass is 16.6. The molecule has 21 heavy (non-hydrogen) atoms. The predicted molar refractivity (Wildman–Crippen MR) is 81.7 cm³/mol. The average Bonchev–Trinajstić information content (AvgIpc) is 2.45. The second-order valence-corrected chi connectivity index (χ2v) is 5.55. The molecule has 0 aliphatic carbocycles. The molecule has 0 fully saturated rings. The normalized spacial score (nSPS) is 14.9. The molecule has 1 amide bonds. The molecule has 0 spiro atoms. The van der Waals surface area contributed by atoms with E-state index < -0.39 is 0 Å². The maximum atomic E-state index is 11.6. The monoisotopic (exact) mass is 292 g/mol. The first-order valence-electron chi connectivity index (χ1n) is 7.48. The Bertz CT molecular complexity index is 488. The molecule has 5 heteroatoms. The van der Waals surface area contributed by atoms with Gasteiger partial charge in [-0.25, -0.2) is 0 Å². The van der Waals surface area contributed by atoms with E-state index in [4.69, 9.17) is 9.47 Å². The Morgan fingerprint density at radius 1 is 1.19 bits per heavy atom. The maximum absolute atomic E-state index is 11.6. The van der Waals surface area contributed by atoms with Gasteiger partial charge in [0, 0.05) is 25.0 Å². The Hall–Kier alpha value is -1.75. The SMILES string of the molecule is CC(C)NC(=O)CCNC(C)c1ccc2c(c1)OCCO2. The summed E-state index contributed by atoms with van der Waals surface area (Å²) in [4.78, 5) is 11.6. The highest BCUT2D eigenvalue weighted by molar-refractivity contribution is 5.76. The Morgan fingerprint density at radius 3 is 2.62 bits per heavy atom. The molecule has 1 aliphatic rings. The van der Waals surface area contributed by atoms with E-state index in [9.17, 15) is 4.79 Å². The molecule has 1 unspecified atom stereocenters. The smallest absolute Gasteiger partial charge is 0.221 e. The van der Waals surface area contributed by atoms with Crippen LogP contribution in [0.3, 0.4) is 0 Å². The minimum atomic E-state index is 0.0758. The van der Waals surface area contributed by atoms with Gasteiger partial charge in [0.05, 0.1) is 0 Å². The minimum Gasteiger partial charge on any atom is -0.486 e. The van der Waals surface area contributed by atoms with E-state index in [1.54, 1.807) is 0 Å². The highest BCUT2D eigenvalue weighted by Crippen LogP contribution is 2.32. The largest absolute Gasteiger partial charge is 0.486 e. The van der Waals surface area contributed by atoms with E-state index in [-0.39, 0.29) is 18.0 Å². The maximum Gasteiger partial charge on any atom is 0.221 e. The molecule has 5 nitrogen and oxygen atoms in total. The van der Waals surface area contributed by atoms with Crippen molar-refractivity contribution in [3.8, 4) is 11.5 Å². The molecule has 1 aromatic carbocycles. The molecule has 0 saturated carbocycles. The number of fused-ring (bicyclic) bond motifs is 1. The lowest BCUT2D eigenvalue weighted by Crippen LogP contribution is -2.33. The summed E-state index contributed by atoms with van der Waals surface area (Å²) in [5, 5.41) is 6.23. The minimum absolute atomic E-state index is 0.0758. The zero-order valence-electron chi connectivity index (χ0n) is 12.9. The number of amides is 1. The van der Waals surface area contributed by atoms with E-state index in [0.717, 1.165) is 17.1 Å². The molecule has 2 N–H and O–H groups in total. The van der Waals surface area contributed by atoms with E-state index >= 15 is 0 Å². The van der Waals surface area contributed by atoms with Gasteiger partial charge in [-0.15, -0.1) is 0 Å². The number of nitrogens with one attached hydrogen (secondary N) is 2. The van der Waals surface area contributed by atoms with Gasteiger partial charge in [-0.05, 0) is 38.5 Å². The van der Waals surface area contributed by atoms with Crippen LogP contribution in [0.5, 0.6) is 11.5 Å². The number of hydrogen-bond donors (Lipinski definition) is 2. The van der Waals surface area contributed by atoms with Gasteiger partial charge in [-0.3, -0.25) is 4.79 Å². The third kappa shape index (κ3) is 4.63. The lowest BCUT2D eigenvalue weighted by molar-refractivity contribution is -0.121. The van der Waals surface area contributed by atoms with Crippen molar-refractivity contribution >= 4 is 5.91 Å². The van der Waals surface area contributed by atoms with Gasteiger partial charge < -0.3 is 20.1 Å². The Kier molecular flexibility index (Phi) is 5.44. The van der Waals surface area contributed by atoms with Crippen molar-refractivity contribution < 1.29 is 14.3 Å². The molecule has 116 valence electrons. The third-order valence-electron chi connectivity index (χ3n) is 3.32. The predicted octanol–water partition coefficient (Wildman–Crippen LogP) is 2.02. The summed E-state index contributed by atoms with van der Waals surface area (Å²) in [6.45, 7) is 7.84. The van der Waals surface area contributed by atoms with Crippen LogP contribution in [0, 0.1) is 0 Å². The summed E-state index contributed by atoms with van der Waals surface area (Å²) < 4.78 is 11.1. The molecule has 0 aromatic heterocycles. The summed E-state index contributed by atoms with van der Waals surface area (Å²) in [6, 6.07) is 6.31. The fourth-order valence-electron chi connectivity index (χ4n) is 2.24. The van der Waals surface area contributed by atoms with Crippen LogP contribution in [-0.2, 0) is 4.79 Å². The highest BCUT2D eigenvalue weighted by Gasteiger charge is 2.14. The fraction of sp³-hybridized carbons (Fsp3) is 0.562. The van der Waals surface area contributed by atoms with Gasteiger partial charge in [-0.1, -0.05) is 6.07 Å². The van der Waals surface area contributed by atoms with Crippen LogP contribution in [0.1, 0.15) is 38.8 Å². The third-order valence-corrected chi connectivity index (χ3v) is 3.32. The van der Waals surface area contributed by atoms with Crippen LogP contribution < -0.4 is 20.1 Å². The number of carbonyl (C=O) groups is 1.